The molecule has 0 bridgehead atoms. The molecule has 1 aromatic carbocycles. The van der Waals surface area contributed by atoms with Gasteiger partial charge in [0, 0.05) is 43.3 Å². The number of nitrogens with two attached hydrogens (primary N) is 1. The highest BCUT2D eigenvalue weighted by molar-refractivity contribution is 6.64. The number of nitrogen functional groups attached to an aromatic ring is 1. The number of piperazine rings is 1. The van der Waals surface area contributed by atoms with Gasteiger partial charge in [0.25, 0.3) is 5.89 Å². The summed E-state index contributed by atoms with van der Waals surface area (Å²) in [5.74, 6) is 2.52. The van der Waals surface area contributed by atoms with Gasteiger partial charge in [-0.05, 0) is 45.5 Å². The highest BCUT2D eigenvalue weighted by Crippen LogP contribution is 2.34. The van der Waals surface area contributed by atoms with E-state index < -0.39 is 10.8 Å². The summed E-state index contributed by atoms with van der Waals surface area (Å²) in [6.45, 7) is 3.65. The Morgan fingerprint density at radius 2 is 1.42 bits per heavy atom. The average Bonchev–Trinajstić information content (AvgIpc) is 3.66. The largest absolute Gasteiger partial charge is 0.504 e. The van der Waals surface area contributed by atoms with E-state index in [4.69, 9.17) is 24.6 Å². The zero-order valence-electron chi connectivity index (χ0n) is 32.7. The van der Waals surface area contributed by atoms with Crippen LogP contribution in [0.15, 0.2) is 47.2 Å². The Morgan fingerprint density at radius 3 is 1.96 bits per heavy atom. The van der Waals surface area contributed by atoms with Crippen molar-refractivity contribution in [2.75, 3.05) is 41.7 Å². The third-order valence-corrected chi connectivity index (χ3v) is 10.6. The van der Waals surface area contributed by atoms with E-state index in [2.05, 4.69) is 164 Å². The third kappa shape index (κ3) is 7.61. The van der Waals surface area contributed by atoms with Crippen LogP contribution < -0.4 is 20.3 Å². The quantitative estimate of drug-likeness (QED) is 0.146. The number of hydrogen-bond acceptors (Lipinski definition) is 11. The Kier molecular flexibility index (Phi) is 10.1. The second-order valence-electron chi connectivity index (χ2n) is 17.4. The van der Waals surface area contributed by atoms with E-state index in [1.165, 1.54) is 16.5 Å². The number of hydrogen-bond donors (Lipinski definition) is 1. The monoisotopic (exact) mass is 661 g/mol. The second-order valence-corrected chi connectivity index (χ2v) is 17.4. The SMILES string of the molecule is BC(B)(B)OC(B)(B)C(B)(B)Oc1ccc(N2CCN(C(B)(B)C(B)(B)N(c3cc4nc(-c5ncco5)nn4c(N)n3)C(B)(B)B)CC2)cc1. The molecule has 0 spiro atoms. The number of oxazole rings is 1. The molecule has 3 aromatic heterocycles. The van der Waals surface area contributed by atoms with Gasteiger partial charge in [-0.3, -0.25) is 0 Å². The van der Waals surface area contributed by atoms with Crippen molar-refractivity contribution in [3.05, 3.63) is 42.8 Å². The van der Waals surface area contributed by atoms with Crippen molar-refractivity contribution in [2.24, 2.45) is 0 Å². The molecule has 1 saturated heterocycles. The summed E-state index contributed by atoms with van der Waals surface area (Å²) in [5, 5.41) is 2.27. The topological polar surface area (TPSA) is 123 Å². The van der Waals surface area contributed by atoms with E-state index in [-0.39, 0.29) is 27.2 Å². The van der Waals surface area contributed by atoms with Crippen LogP contribution in [0.4, 0.5) is 17.5 Å². The maximum atomic E-state index is 6.50. The molecule has 4 aromatic rings. The minimum Gasteiger partial charge on any atom is -0.504 e. The summed E-state index contributed by atoms with van der Waals surface area (Å²) in [7, 11) is 30.5. The third-order valence-electron chi connectivity index (χ3n) is 10.6. The van der Waals surface area contributed by atoms with Gasteiger partial charge in [0.1, 0.15) is 128 Å². The lowest BCUT2D eigenvalue weighted by Crippen LogP contribution is -2.79. The Labute approximate surface area is 309 Å². The maximum absolute atomic E-state index is 6.50. The molecule has 50 heavy (non-hydrogen) atoms. The van der Waals surface area contributed by atoms with Gasteiger partial charge in [0.15, 0.2) is 5.65 Å². The van der Waals surface area contributed by atoms with Gasteiger partial charge in [0.2, 0.25) is 11.8 Å². The van der Waals surface area contributed by atoms with Crippen LogP contribution in [0, 0.1) is 0 Å². The first-order valence-electron chi connectivity index (χ1n) is 17.7. The molecule has 1 aliphatic rings. The highest BCUT2D eigenvalue weighted by Gasteiger charge is 2.49. The molecule has 1 fully saturated rings. The molecular formula is C24H45B14N9O3. The molecule has 26 heteroatoms. The van der Waals surface area contributed by atoms with Crippen molar-refractivity contribution < 1.29 is 13.9 Å². The molecule has 0 radical (unpaired) electrons. The number of anilines is 3. The fourth-order valence-corrected chi connectivity index (χ4v) is 7.12. The molecule has 0 amide bonds. The van der Waals surface area contributed by atoms with E-state index in [1.54, 1.807) is 6.20 Å². The van der Waals surface area contributed by atoms with Crippen molar-refractivity contribution >= 4 is 133 Å². The first kappa shape index (κ1) is 38.2. The average molecular weight is 659 g/mol. The standard InChI is InChI=1S/C24H45B14N9O3/c25-19(26,20(27,28)47(23(33,34)35)15-11-14-41-16(17-40-5-10-48-17)43-46(14)18(39)42-15)45-8-6-44(7-9-45)12-1-3-13(4-2-12)49-21(29,30)22(31,32)50-24(36,37)38/h1-5,10-11H,6-9,25-38H2,(H2,39,42). The van der Waals surface area contributed by atoms with E-state index in [9.17, 15) is 0 Å². The van der Waals surface area contributed by atoms with Gasteiger partial charge >= 0.3 is 0 Å². The van der Waals surface area contributed by atoms with Crippen LogP contribution in [0.3, 0.4) is 0 Å². The van der Waals surface area contributed by atoms with Crippen LogP contribution in [-0.4, -0.2) is 198 Å². The van der Waals surface area contributed by atoms with Crippen LogP contribution >= 0.6 is 0 Å². The van der Waals surface area contributed by atoms with E-state index in [0.717, 1.165) is 37.7 Å². The fraction of sp³-hybridized carbons (Fsp3) is 0.417. The molecule has 0 aliphatic carbocycles. The molecule has 0 saturated carbocycles. The minimum absolute atomic E-state index is 0.251. The number of aromatic nitrogens is 5. The summed E-state index contributed by atoms with van der Waals surface area (Å²) in [6.07, 6.45) is 3.07. The summed E-state index contributed by atoms with van der Waals surface area (Å²) < 4.78 is 19.8. The number of nitrogens with zero attached hydrogens (tertiary/aromatic N) is 8. The van der Waals surface area contributed by atoms with Gasteiger partial charge in [-0.25, -0.2) is 9.97 Å². The lowest BCUT2D eigenvalue weighted by Gasteiger charge is -2.61. The molecule has 5 rings (SSSR count). The van der Waals surface area contributed by atoms with Crippen molar-refractivity contribution in [1.29, 1.82) is 0 Å². The van der Waals surface area contributed by atoms with Crippen LogP contribution in [0.5, 0.6) is 5.75 Å². The lowest BCUT2D eigenvalue weighted by atomic mass is 9.34. The zero-order valence-corrected chi connectivity index (χ0v) is 32.7. The van der Waals surface area contributed by atoms with Gasteiger partial charge < -0.3 is 34.3 Å². The summed E-state index contributed by atoms with van der Waals surface area (Å²) in [4.78, 5) is 21.2. The van der Waals surface area contributed by atoms with Gasteiger partial charge in [-0.1, -0.05) is 0 Å². The van der Waals surface area contributed by atoms with E-state index in [0.29, 0.717) is 17.4 Å². The second kappa shape index (κ2) is 13.2. The Hall–Kier alpha value is -2.99. The normalized spacial score (nSPS) is 15.6. The predicted octanol–water partition coefficient (Wildman–Crippen LogP) is -12.9. The molecule has 12 nitrogen and oxygen atoms in total. The Balaban J connectivity index is 1.31. The zero-order chi connectivity index (χ0) is 37.1. The first-order valence-corrected chi connectivity index (χ1v) is 17.7. The summed E-state index contributed by atoms with van der Waals surface area (Å²) >= 11 is 0. The maximum Gasteiger partial charge on any atom is 0.266 e. The van der Waals surface area contributed by atoms with Gasteiger partial charge in [0.05, 0.1) is 11.6 Å². The minimum atomic E-state index is -0.532. The highest BCUT2D eigenvalue weighted by atomic mass is 16.6. The molecule has 1 aliphatic heterocycles. The lowest BCUT2D eigenvalue weighted by molar-refractivity contribution is 0.00241. The van der Waals surface area contributed by atoms with E-state index >= 15 is 0 Å². The molecule has 0 unspecified atom stereocenters. The molecule has 2 N–H and O–H groups in total. The molecule has 0 atom stereocenters. The Morgan fingerprint density at radius 1 is 0.800 bits per heavy atom. The van der Waals surface area contributed by atoms with Gasteiger partial charge in [-0.15, -0.1) is 5.10 Å². The van der Waals surface area contributed by atoms with Crippen LogP contribution in [0.1, 0.15) is 0 Å². The van der Waals surface area contributed by atoms with Crippen LogP contribution in [-0.2, 0) is 4.74 Å². The molecular weight excluding hydrogens is 614 g/mol. The molecule has 4 heterocycles. The van der Waals surface area contributed by atoms with Gasteiger partial charge in [-0.2, -0.15) is 9.50 Å². The Bertz CT molecular complexity index is 1790. The van der Waals surface area contributed by atoms with Crippen LogP contribution in [0.25, 0.3) is 17.4 Å². The summed E-state index contributed by atoms with van der Waals surface area (Å²) in [5.41, 5.74) is 8.27. The fourth-order valence-electron chi connectivity index (χ4n) is 7.12. The number of fused-ring (bicyclic) bond motifs is 1. The van der Waals surface area contributed by atoms with E-state index in [1.807, 2.05) is 6.07 Å². The number of ether oxygens (including phenoxy) is 2. The van der Waals surface area contributed by atoms with Crippen molar-refractivity contribution in [3.8, 4) is 17.5 Å². The predicted molar refractivity (Wildman–Crippen MR) is 241 cm³/mol. The molecule has 246 valence electrons. The first-order chi connectivity index (χ1) is 22.9. The van der Waals surface area contributed by atoms with Crippen molar-refractivity contribution in [2.45, 2.75) is 32.0 Å². The number of benzene rings is 1. The number of rotatable bonds is 12. The van der Waals surface area contributed by atoms with Crippen molar-refractivity contribution in [3.63, 3.8) is 0 Å². The van der Waals surface area contributed by atoms with Crippen molar-refractivity contribution in [1.82, 2.24) is 29.5 Å². The summed E-state index contributed by atoms with van der Waals surface area (Å²) in [6, 6.07) is 10.4. The van der Waals surface area contributed by atoms with Crippen LogP contribution in [0.2, 0.25) is 0 Å². The smallest absolute Gasteiger partial charge is 0.266 e.